The number of rotatable bonds is 5. The van der Waals surface area contributed by atoms with Crippen molar-refractivity contribution in [2.45, 2.75) is 53.0 Å². The number of pyridine rings is 1. The molecule has 3 aromatic heterocycles. The fraction of sp³-hybridized carbons (Fsp3) is 0.267. The molecule has 6 rings (SSSR count). The zero-order valence-corrected chi connectivity index (χ0v) is 21.3. The molecule has 5 aromatic rings. The van der Waals surface area contributed by atoms with Gasteiger partial charge < -0.3 is 4.57 Å². The quantitative estimate of drug-likeness (QED) is 0.351. The molecule has 0 radical (unpaired) electrons. The van der Waals surface area contributed by atoms with Crippen LogP contribution in [-0.4, -0.2) is 24.7 Å². The maximum Gasteiger partial charge on any atom is 0.439 e. The number of allylic oxidation sites excluding steroid dienone is 1. The second kappa shape index (κ2) is 9.32. The van der Waals surface area contributed by atoms with Gasteiger partial charge in [0.15, 0.2) is 11.5 Å². The fourth-order valence-corrected chi connectivity index (χ4v) is 5.45. The van der Waals surface area contributed by atoms with Gasteiger partial charge in [-0.1, -0.05) is 54.5 Å². The van der Waals surface area contributed by atoms with Crippen LogP contribution in [0.1, 0.15) is 65.3 Å². The number of aryl methyl sites for hydroxylation is 4. The van der Waals surface area contributed by atoms with E-state index in [2.05, 4.69) is 76.0 Å². The van der Waals surface area contributed by atoms with Crippen molar-refractivity contribution in [3.05, 3.63) is 110 Å². The highest BCUT2D eigenvalue weighted by molar-refractivity contribution is 5.98. The van der Waals surface area contributed by atoms with E-state index in [-0.39, 0.29) is 0 Å². The van der Waals surface area contributed by atoms with Gasteiger partial charge in [-0.3, -0.25) is 9.51 Å². The molecule has 0 fully saturated rings. The Morgan fingerprint density at radius 1 is 1.08 bits per heavy atom. The van der Waals surface area contributed by atoms with Crippen molar-refractivity contribution in [2.24, 2.45) is 0 Å². The van der Waals surface area contributed by atoms with Crippen molar-refractivity contribution < 1.29 is 4.52 Å². The Hall–Kier alpha value is -4.26. The van der Waals surface area contributed by atoms with E-state index in [0.717, 1.165) is 71.5 Å². The molecule has 1 aliphatic carbocycles. The summed E-state index contributed by atoms with van der Waals surface area (Å²) in [6.07, 6.45) is 5.68. The third-order valence-corrected chi connectivity index (χ3v) is 7.29. The van der Waals surface area contributed by atoms with Crippen LogP contribution in [0.3, 0.4) is 0 Å². The first-order valence-electron chi connectivity index (χ1n) is 12.8. The van der Waals surface area contributed by atoms with Crippen molar-refractivity contribution in [3.63, 3.8) is 0 Å². The molecule has 1 aliphatic rings. The highest BCUT2D eigenvalue weighted by atomic mass is 16.5. The predicted molar refractivity (Wildman–Crippen MR) is 144 cm³/mol. The van der Waals surface area contributed by atoms with Crippen LogP contribution >= 0.6 is 0 Å². The minimum atomic E-state index is -0.549. The predicted octanol–water partition coefficient (Wildman–Crippen LogP) is 5.49. The lowest BCUT2D eigenvalue weighted by atomic mass is 9.89. The van der Waals surface area contributed by atoms with E-state index in [9.17, 15) is 4.79 Å². The monoisotopic (exact) mass is 491 g/mol. The van der Waals surface area contributed by atoms with Crippen molar-refractivity contribution in [3.8, 4) is 0 Å². The Labute approximate surface area is 214 Å². The number of imidazole rings is 1. The normalized spacial score (nSPS) is 14.4. The summed E-state index contributed by atoms with van der Waals surface area (Å²) in [6, 6.07) is 17.2. The molecule has 0 aliphatic heterocycles. The van der Waals surface area contributed by atoms with Gasteiger partial charge in [-0.2, -0.15) is 0 Å². The van der Waals surface area contributed by atoms with Gasteiger partial charge in [0.25, 0.3) is 0 Å². The molecular formula is C30H29N5O2. The molecule has 7 heteroatoms. The van der Waals surface area contributed by atoms with E-state index in [4.69, 9.17) is 9.51 Å². The van der Waals surface area contributed by atoms with Crippen LogP contribution in [0.4, 0.5) is 0 Å². The Balaban J connectivity index is 1.48. The van der Waals surface area contributed by atoms with Crippen molar-refractivity contribution in [2.75, 3.05) is 0 Å². The highest BCUT2D eigenvalue weighted by Gasteiger charge is 2.23. The van der Waals surface area contributed by atoms with E-state index in [0.29, 0.717) is 5.82 Å². The zero-order valence-electron chi connectivity index (χ0n) is 21.3. The topological polar surface area (TPSA) is 89.6 Å². The third-order valence-electron chi connectivity index (χ3n) is 7.29. The summed E-state index contributed by atoms with van der Waals surface area (Å²) in [7, 11) is 0. The number of hydrogen-bond acceptors (Lipinski definition) is 5. The van der Waals surface area contributed by atoms with E-state index in [1.807, 2.05) is 19.2 Å². The summed E-state index contributed by atoms with van der Waals surface area (Å²) in [5.74, 6) is 0.988. The first-order valence-corrected chi connectivity index (χ1v) is 12.8. The van der Waals surface area contributed by atoms with E-state index >= 15 is 0 Å². The van der Waals surface area contributed by atoms with E-state index in [1.54, 1.807) is 0 Å². The number of aromatic amines is 1. The van der Waals surface area contributed by atoms with E-state index < -0.39 is 5.76 Å². The lowest BCUT2D eigenvalue weighted by Crippen LogP contribution is -2.07. The van der Waals surface area contributed by atoms with Crippen molar-refractivity contribution in [1.29, 1.82) is 0 Å². The second-order valence-electron chi connectivity index (χ2n) is 9.76. The smallest absolute Gasteiger partial charge is 0.308 e. The Morgan fingerprint density at radius 3 is 2.70 bits per heavy atom. The minimum Gasteiger partial charge on any atom is -0.308 e. The fourth-order valence-electron chi connectivity index (χ4n) is 5.45. The van der Waals surface area contributed by atoms with Crippen LogP contribution in [0.25, 0.3) is 22.3 Å². The van der Waals surface area contributed by atoms with Crippen LogP contribution in [0.5, 0.6) is 0 Å². The Morgan fingerprint density at radius 2 is 1.89 bits per heavy atom. The van der Waals surface area contributed by atoms with E-state index in [1.165, 1.54) is 22.3 Å². The van der Waals surface area contributed by atoms with Gasteiger partial charge in [0.05, 0.1) is 6.54 Å². The average molecular weight is 492 g/mol. The summed E-state index contributed by atoms with van der Waals surface area (Å²) in [5, 5.41) is 3.98. The molecule has 1 N–H and O–H groups in total. The average Bonchev–Trinajstić information content (AvgIpc) is 3.44. The number of fused-ring (bicyclic) bond motifs is 3. The Kier molecular flexibility index (Phi) is 5.83. The first-order chi connectivity index (χ1) is 18.0. The summed E-state index contributed by atoms with van der Waals surface area (Å²) < 4.78 is 7.09. The maximum atomic E-state index is 11.7. The van der Waals surface area contributed by atoms with Gasteiger partial charge in [-0.25, -0.2) is 14.8 Å². The van der Waals surface area contributed by atoms with Gasteiger partial charge >= 0.3 is 5.76 Å². The first kappa shape index (κ1) is 23.2. The molecule has 2 aromatic carbocycles. The number of aromatic nitrogens is 5. The van der Waals surface area contributed by atoms with Crippen LogP contribution in [0.2, 0.25) is 0 Å². The Bertz CT molecular complexity index is 1720. The van der Waals surface area contributed by atoms with Gasteiger partial charge in [-0.05, 0) is 78.1 Å². The van der Waals surface area contributed by atoms with Crippen molar-refractivity contribution in [1.82, 2.24) is 24.7 Å². The molecule has 37 heavy (non-hydrogen) atoms. The molecular weight excluding hydrogens is 462 g/mol. The third kappa shape index (κ3) is 4.10. The molecule has 0 atom stereocenters. The van der Waals surface area contributed by atoms with Crippen LogP contribution in [-0.2, 0) is 25.8 Å². The van der Waals surface area contributed by atoms with Crippen LogP contribution in [0, 0.1) is 6.92 Å². The number of nitrogens with one attached hydrogen (secondary N) is 1. The number of hydrogen-bond donors (Lipinski definition) is 1. The largest absolute Gasteiger partial charge is 0.439 e. The molecule has 0 saturated heterocycles. The van der Waals surface area contributed by atoms with Gasteiger partial charge in [0.1, 0.15) is 11.3 Å². The number of nitrogens with zero attached hydrogens (tertiary/aromatic N) is 4. The summed E-state index contributed by atoms with van der Waals surface area (Å²) in [6.45, 7) is 6.99. The molecule has 0 saturated carbocycles. The standard InChI is InChI=1S/C30H29N5O2/c1-4-7-25-32-27-18(2)14-15-31-29(27)35(25)17-20-10-13-24-22(16-20)12-11-21-8-5-6-9-23(21)26(24)19(3)28-33-30(36)37-34-28/h5-6,8-10,13-16H,4,7,11-12,17H2,1-3H3,(H,33,34,36)/b26-19+. The van der Waals surface area contributed by atoms with Crippen LogP contribution in [0.15, 0.2) is 64.0 Å². The van der Waals surface area contributed by atoms with Gasteiger partial charge in [-0.15, -0.1) is 0 Å². The summed E-state index contributed by atoms with van der Waals surface area (Å²) >= 11 is 0. The number of benzene rings is 2. The molecule has 0 spiro atoms. The lowest BCUT2D eigenvalue weighted by molar-refractivity contribution is 0.385. The molecule has 0 amide bonds. The molecule has 3 heterocycles. The molecule has 0 unspecified atom stereocenters. The minimum absolute atomic E-state index is 0.460. The van der Waals surface area contributed by atoms with Crippen molar-refractivity contribution >= 4 is 22.3 Å². The SMILES string of the molecule is CCCc1nc2c(C)ccnc2n1Cc1ccc2c(c1)CCc1ccccc1/C2=C(/C)c1noc(=O)[nH]1. The molecule has 0 bridgehead atoms. The zero-order chi connectivity index (χ0) is 25.5. The highest BCUT2D eigenvalue weighted by Crippen LogP contribution is 2.38. The van der Waals surface area contributed by atoms with Gasteiger partial charge in [0.2, 0.25) is 0 Å². The second-order valence-corrected chi connectivity index (χ2v) is 9.76. The number of H-pyrrole nitrogens is 1. The van der Waals surface area contributed by atoms with Crippen LogP contribution < -0.4 is 5.76 Å². The molecule has 7 nitrogen and oxygen atoms in total. The summed E-state index contributed by atoms with van der Waals surface area (Å²) in [4.78, 5) is 24.1. The van der Waals surface area contributed by atoms with Gasteiger partial charge in [0, 0.05) is 18.2 Å². The maximum absolute atomic E-state index is 11.7. The molecule has 186 valence electrons. The lowest BCUT2D eigenvalue weighted by Gasteiger charge is -2.16. The summed E-state index contributed by atoms with van der Waals surface area (Å²) in [5.41, 5.74) is 11.2.